The second kappa shape index (κ2) is 5.87. The Morgan fingerprint density at radius 2 is 2.00 bits per heavy atom. The van der Waals surface area contributed by atoms with Crippen molar-refractivity contribution in [2.45, 2.75) is 6.42 Å². The lowest BCUT2D eigenvalue weighted by Gasteiger charge is -2.00. The summed E-state index contributed by atoms with van der Waals surface area (Å²) in [6, 6.07) is 13.1. The van der Waals surface area contributed by atoms with Gasteiger partial charge in [0.2, 0.25) is 11.7 Å². The molecule has 6 heteroatoms. The average molecular weight is 365 g/mol. The van der Waals surface area contributed by atoms with Crippen LogP contribution in [0.4, 0.5) is 5.69 Å². The van der Waals surface area contributed by atoms with Crippen LogP contribution in [0.1, 0.15) is 11.5 Å². The molecular formula is C15H11BrClN3O. The highest BCUT2D eigenvalue weighted by Crippen LogP contribution is 2.27. The van der Waals surface area contributed by atoms with Gasteiger partial charge in [-0.05, 0) is 45.8 Å². The Labute approximate surface area is 135 Å². The first-order chi connectivity index (χ1) is 10.1. The van der Waals surface area contributed by atoms with E-state index >= 15 is 0 Å². The molecule has 1 aromatic heterocycles. The topological polar surface area (TPSA) is 64.9 Å². The molecule has 0 saturated heterocycles. The molecule has 21 heavy (non-hydrogen) atoms. The van der Waals surface area contributed by atoms with Crippen molar-refractivity contribution in [3.05, 3.63) is 63.4 Å². The lowest BCUT2D eigenvalue weighted by atomic mass is 10.1. The molecule has 3 rings (SSSR count). The fourth-order valence-electron chi connectivity index (χ4n) is 1.94. The number of halogens is 2. The highest BCUT2D eigenvalue weighted by molar-refractivity contribution is 9.10. The zero-order valence-electron chi connectivity index (χ0n) is 10.9. The van der Waals surface area contributed by atoms with Crippen molar-refractivity contribution in [2.24, 2.45) is 0 Å². The molecule has 0 amide bonds. The SMILES string of the molecule is Nc1ccccc1Cc1nc(-c2ccc(Cl)c(Br)c2)no1. The summed E-state index contributed by atoms with van der Waals surface area (Å²) < 4.78 is 6.08. The number of anilines is 1. The predicted molar refractivity (Wildman–Crippen MR) is 86.1 cm³/mol. The lowest BCUT2D eigenvalue weighted by Crippen LogP contribution is -1.95. The van der Waals surface area contributed by atoms with Crippen molar-refractivity contribution in [3.8, 4) is 11.4 Å². The fraction of sp³-hybridized carbons (Fsp3) is 0.0667. The zero-order chi connectivity index (χ0) is 14.8. The zero-order valence-corrected chi connectivity index (χ0v) is 13.2. The molecule has 2 N–H and O–H groups in total. The Bertz CT molecular complexity index is 788. The number of nitrogens with two attached hydrogens (primary N) is 1. The van der Waals surface area contributed by atoms with Gasteiger partial charge in [0.15, 0.2) is 0 Å². The van der Waals surface area contributed by atoms with E-state index in [1.165, 1.54) is 0 Å². The third-order valence-electron chi connectivity index (χ3n) is 3.04. The van der Waals surface area contributed by atoms with Crippen LogP contribution in [-0.2, 0) is 6.42 Å². The molecule has 0 radical (unpaired) electrons. The minimum atomic E-state index is 0.508. The van der Waals surface area contributed by atoms with Crippen LogP contribution in [0.25, 0.3) is 11.4 Å². The second-order valence-corrected chi connectivity index (χ2v) is 5.78. The van der Waals surface area contributed by atoms with E-state index in [-0.39, 0.29) is 0 Å². The molecule has 0 aliphatic rings. The van der Waals surface area contributed by atoms with Gasteiger partial charge in [-0.2, -0.15) is 4.98 Å². The number of rotatable bonds is 3. The lowest BCUT2D eigenvalue weighted by molar-refractivity contribution is 0.386. The maximum absolute atomic E-state index is 5.97. The van der Waals surface area contributed by atoms with Gasteiger partial charge in [-0.15, -0.1) is 0 Å². The van der Waals surface area contributed by atoms with Gasteiger partial charge < -0.3 is 10.3 Å². The van der Waals surface area contributed by atoms with Crippen molar-refractivity contribution < 1.29 is 4.52 Å². The second-order valence-electron chi connectivity index (χ2n) is 4.52. The molecule has 0 saturated carbocycles. The van der Waals surface area contributed by atoms with Gasteiger partial charge in [-0.1, -0.05) is 35.0 Å². The van der Waals surface area contributed by atoms with Crippen LogP contribution in [0.15, 0.2) is 51.5 Å². The molecule has 0 spiro atoms. The number of nitrogen functional groups attached to an aromatic ring is 1. The van der Waals surface area contributed by atoms with E-state index in [1.54, 1.807) is 6.07 Å². The van der Waals surface area contributed by atoms with E-state index in [1.807, 2.05) is 36.4 Å². The first kappa shape index (κ1) is 14.1. The number of para-hydroxylation sites is 1. The van der Waals surface area contributed by atoms with Gasteiger partial charge >= 0.3 is 0 Å². The van der Waals surface area contributed by atoms with E-state index < -0.39 is 0 Å². The number of benzene rings is 2. The summed E-state index contributed by atoms with van der Waals surface area (Å²) in [6.45, 7) is 0. The van der Waals surface area contributed by atoms with Gasteiger partial charge in [0.1, 0.15) is 0 Å². The Kier molecular flexibility index (Phi) is 3.94. The fourth-order valence-corrected chi connectivity index (χ4v) is 2.43. The van der Waals surface area contributed by atoms with E-state index in [0.29, 0.717) is 28.8 Å². The van der Waals surface area contributed by atoms with Crippen LogP contribution < -0.4 is 5.73 Å². The third kappa shape index (κ3) is 3.09. The summed E-state index contributed by atoms with van der Waals surface area (Å²) in [4.78, 5) is 4.39. The van der Waals surface area contributed by atoms with Crippen molar-refractivity contribution >= 4 is 33.2 Å². The average Bonchev–Trinajstić information content (AvgIpc) is 2.93. The number of aromatic nitrogens is 2. The van der Waals surface area contributed by atoms with Crippen LogP contribution in [0, 0.1) is 0 Å². The molecule has 0 fully saturated rings. The molecule has 106 valence electrons. The number of hydrogen-bond donors (Lipinski definition) is 1. The normalized spacial score (nSPS) is 10.8. The smallest absolute Gasteiger partial charge is 0.231 e. The van der Waals surface area contributed by atoms with Gasteiger partial charge in [0.25, 0.3) is 0 Å². The van der Waals surface area contributed by atoms with E-state index in [4.69, 9.17) is 21.9 Å². The molecule has 0 aliphatic carbocycles. The van der Waals surface area contributed by atoms with E-state index in [0.717, 1.165) is 15.6 Å². The van der Waals surface area contributed by atoms with Crippen molar-refractivity contribution in [3.63, 3.8) is 0 Å². The summed E-state index contributed by atoms with van der Waals surface area (Å²) in [5, 5.41) is 4.63. The predicted octanol–water partition coefficient (Wildman–Crippen LogP) is 4.33. The summed E-state index contributed by atoms with van der Waals surface area (Å²) in [5.74, 6) is 1.05. The summed E-state index contributed by atoms with van der Waals surface area (Å²) in [5.41, 5.74) is 8.42. The molecule has 0 bridgehead atoms. The van der Waals surface area contributed by atoms with E-state index in [9.17, 15) is 0 Å². The molecule has 1 heterocycles. The summed E-state index contributed by atoms with van der Waals surface area (Å²) in [7, 11) is 0. The summed E-state index contributed by atoms with van der Waals surface area (Å²) in [6.07, 6.45) is 0.508. The van der Waals surface area contributed by atoms with Gasteiger partial charge in [0.05, 0.1) is 11.4 Å². The Balaban J connectivity index is 1.86. The van der Waals surface area contributed by atoms with Gasteiger partial charge in [-0.3, -0.25) is 0 Å². The third-order valence-corrected chi connectivity index (χ3v) is 4.26. The summed E-state index contributed by atoms with van der Waals surface area (Å²) >= 11 is 9.35. The van der Waals surface area contributed by atoms with E-state index in [2.05, 4.69) is 26.1 Å². The maximum atomic E-state index is 5.97. The Morgan fingerprint density at radius 3 is 2.76 bits per heavy atom. The molecule has 0 atom stereocenters. The quantitative estimate of drug-likeness (QED) is 0.703. The van der Waals surface area contributed by atoms with Crippen molar-refractivity contribution in [2.75, 3.05) is 5.73 Å². The van der Waals surface area contributed by atoms with Crippen LogP contribution in [0.3, 0.4) is 0 Å². The molecule has 0 unspecified atom stereocenters. The van der Waals surface area contributed by atoms with Gasteiger partial charge in [0, 0.05) is 15.7 Å². The molecule has 2 aromatic carbocycles. The minimum absolute atomic E-state index is 0.508. The minimum Gasteiger partial charge on any atom is -0.398 e. The Morgan fingerprint density at radius 1 is 1.19 bits per heavy atom. The van der Waals surface area contributed by atoms with Crippen molar-refractivity contribution in [1.29, 1.82) is 0 Å². The molecule has 4 nitrogen and oxygen atoms in total. The van der Waals surface area contributed by atoms with Crippen LogP contribution in [-0.4, -0.2) is 10.1 Å². The van der Waals surface area contributed by atoms with Crippen LogP contribution >= 0.6 is 27.5 Å². The molecular weight excluding hydrogens is 354 g/mol. The highest BCUT2D eigenvalue weighted by atomic mass is 79.9. The van der Waals surface area contributed by atoms with Gasteiger partial charge in [-0.25, -0.2) is 0 Å². The maximum Gasteiger partial charge on any atom is 0.231 e. The van der Waals surface area contributed by atoms with Crippen LogP contribution in [0.5, 0.6) is 0 Å². The number of hydrogen-bond acceptors (Lipinski definition) is 4. The largest absolute Gasteiger partial charge is 0.398 e. The number of nitrogens with zero attached hydrogens (tertiary/aromatic N) is 2. The first-order valence-corrected chi connectivity index (χ1v) is 7.42. The molecule has 0 aliphatic heterocycles. The Hall–Kier alpha value is -1.85. The van der Waals surface area contributed by atoms with Crippen molar-refractivity contribution in [1.82, 2.24) is 10.1 Å². The highest BCUT2D eigenvalue weighted by Gasteiger charge is 2.11. The first-order valence-electron chi connectivity index (χ1n) is 6.25. The standard InChI is InChI=1S/C15H11BrClN3O/c16-11-7-10(5-6-12(11)17)15-19-14(21-20-15)8-9-3-1-2-4-13(9)18/h1-7H,8,18H2. The monoisotopic (exact) mass is 363 g/mol. The molecule has 3 aromatic rings. The van der Waals surface area contributed by atoms with Crippen LogP contribution in [0.2, 0.25) is 5.02 Å².